The Kier molecular flexibility index (Phi) is 7.91. The summed E-state index contributed by atoms with van der Waals surface area (Å²) in [4.78, 5) is 24.9. The summed E-state index contributed by atoms with van der Waals surface area (Å²) in [7, 11) is 0. The van der Waals surface area contributed by atoms with E-state index in [1.54, 1.807) is 42.5 Å². The van der Waals surface area contributed by atoms with Crippen molar-refractivity contribution < 1.29 is 14.3 Å². The molecular formula is C19H20Cl2N2O3. The SMILES string of the molecule is CCOCCCNC(=O)c1ccccc1NC(=O)c1c(Cl)cccc1Cl. The van der Waals surface area contributed by atoms with Crippen LogP contribution in [0.2, 0.25) is 10.0 Å². The van der Waals surface area contributed by atoms with Crippen LogP contribution in [0.4, 0.5) is 5.69 Å². The molecule has 0 unspecified atom stereocenters. The predicted molar refractivity (Wildman–Crippen MR) is 104 cm³/mol. The fourth-order valence-corrected chi connectivity index (χ4v) is 2.87. The van der Waals surface area contributed by atoms with Crippen molar-refractivity contribution >= 4 is 40.7 Å². The van der Waals surface area contributed by atoms with E-state index in [0.29, 0.717) is 37.4 Å². The van der Waals surface area contributed by atoms with Gasteiger partial charge < -0.3 is 15.4 Å². The first-order valence-electron chi connectivity index (χ1n) is 8.25. The maximum absolute atomic E-state index is 12.5. The second kappa shape index (κ2) is 10.2. The molecule has 0 aliphatic heterocycles. The fourth-order valence-electron chi connectivity index (χ4n) is 2.31. The summed E-state index contributed by atoms with van der Waals surface area (Å²) < 4.78 is 5.24. The van der Waals surface area contributed by atoms with E-state index in [9.17, 15) is 9.59 Å². The van der Waals surface area contributed by atoms with Crippen LogP contribution in [0.3, 0.4) is 0 Å². The number of hydrogen-bond donors (Lipinski definition) is 2. The van der Waals surface area contributed by atoms with Crippen molar-refractivity contribution in [3.8, 4) is 0 Å². The van der Waals surface area contributed by atoms with Crippen LogP contribution >= 0.6 is 23.2 Å². The summed E-state index contributed by atoms with van der Waals surface area (Å²) in [5.41, 5.74) is 0.916. The lowest BCUT2D eigenvalue weighted by Crippen LogP contribution is -2.27. The molecule has 0 heterocycles. The fraction of sp³-hybridized carbons (Fsp3) is 0.263. The van der Waals surface area contributed by atoms with Gasteiger partial charge in [-0.3, -0.25) is 9.59 Å². The molecule has 0 bridgehead atoms. The molecule has 0 radical (unpaired) electrons. The quantitative estimate of drug-likeness (QED) is 0.651. The minimum Gasteiger partial charge on any atom is -0.382 e. The molecule has 0 saturated heterocycles. The third-order valence-corrected chi connectivity index (χ3v) is 4.19. The van der Waals surface area contributed by atoms with Gasteiger partial charge in [0.15, 0.2) is 0 Å². The van der Waals surface area contributed by atoms with E-state index in [2.05, 4.69) is 10.6 Å². The Morgan fingerprint density at radius 2 is 1.69 bits per heavy atom. The van der Waals surface area contributed by atoms with Gasteiger partial charge in [-0.25, -0.2) is 0 Å². The lowest BCUT2D eigenvalue weighted by Gasteiger charge is -2.13. The number of halogens is 2. The van der Waals surface area contributed by atoms with Crippen molar-refractivity contribution in [3.05, 3.63) is 63.6 Å². The zero-order valence-corrected chi connectivity index (χ0v) is 15.9. The zero-order chi connectivity index (χ0) is 18.9. The molecule has 2 aromatic rings. The standard InChI is InChI=1S/C19H20Cl2N2O3/c1-2-26-12-6-11-22-18(24)13-7-3-4-10-16(13)23-19(25)17-14(20)8-5-9-15(17)21/h3-5,7-10H,2,6,11-12H2,1H3,(H,22,24)(H,23,25). The van der Waals surface area contributed by atoms with Crippen molar-refractivity contribution in [2.45, 2.75) is 13.3 Å². The number of benzene rings is 2. The number of anilines is 1. The monoisotopic (exact) mass is 394 g/mol. The van der Waals surface area contributed by atoms with Crippen LogP contribution in [0.25, 0.3) is 0 Å². The third kappa shape index (κ3) is 5.46. The van der Waals surface area contributed by atoms with Gasteiger partial charge in [-0.1, -0.05) is 41.4 Å². The van der Waals surface area contributed by atoms with Crippen molar-refractivity contribution in [1.82, 2.24) is 5.32 Å². The van der Waals surface area contributed by atoms with E-state index in [1.807, 2.05) is 6.92 Å². The van der Waals surface area contributed by atoms with E-state index in [4.69, 9.17) is 27.9 Å². The van der Waals surface area contributed by atoms with Crippen LogP contribution in [0.15, 0.2) is 42.5 Å². The minimum absolute atomic E-state index is 0.169. The molecule has 0 spiro atoms. The Bertz CT molecular complexity index is 761. The van der Waals surface area contributed by atoms with Gasteiger partial charge in [0.25, 0.3) is 11.8 Å². The lowest BCUT2D eigenvalue weighted by atomic mass is 10.1. The van der Waals surface area contributed by atoms with E-state index >= 15 is 0 Å². The number of carbonyl (C=O) groups is 2. The van der Waals surface area contributed by atoms with Crippen LogP contribution in [-0.4, -0.2) is 31.6 Å². The molecule has 2 N–H and O–H groups in total. The van der Waals surface area contributed by atoms with Crippen molar-refractivity contribution in [3.63, 3.8) is 0 Å². The van der Waals surface area contributed by atoms with Crippen LogP contribution in [0.5, 0.6) is 0 Å². The number of para-hydroxylation sites is 1. The molecular weight excluding hydrogens is 375 g/mol. The Balaban J connectivity index is 2.09. The maximum atomic E-state index is 12.5. The normalized spacial score (nSPS) is 10.4. The van der Waals surface area contributed by atoms with E-state index in [1.165, 1.54) is 0 Å². The summed E-state index contributed by atoms with van der Waals surface area (Å²) >= 11 is 12.1. The van der Waals surface area contributed by atoms with Crippen LogP contribution in [-0.2, 0) is 4.74 Å². The van der Waals surface area contributed by atoms with Gasteiger partial charge in [0.05, 0.1) is 26.9 Å². The molecule has 0 aliphatic carbocycles. The number of nitrogens with one attached hydrogen (secondary N) is 2. The van der Waals surface area contributed by atoms with Gasteiger partial charge in [-0.2, -0.15) is 0 Å². The minimum atomic E-state index is -0.475. The van der Waals surface area contributed by atoms with Gasteiger partial charge in [-0.15, -0.1) is 0 Å². The van der Waals surface area contributed by atoms with Crippen molar-refractivity contribution in [2.75, 3.05) is 25.1 Å². The first kappa shape index (κ1) is 20.2. The molecule has 26 heavy (non-hydrogen) atoms. The van der Waals surface area contributed by atoms with Gasteiger partial charge in [-0.05, 0) is 37.6 Å². The topological polar surface area (TPSA) is 67.4 Å². The second-order valence-electron chi connectivity index (χ2n) is 5.40. The summed E-state index contributed by atoms with van der Waals surface area (Å²) in [6, 6.07) is 11.6. The number of rotatable bonds is 8. The van der Waals surface area contributed by atoms with Crippen LogP contribution < -0.4 is 10.6 Å². The molecule has 2 amide bonds. The summed E-state index contributed by atoms with van der Waals surface area (Å²) in [5, 5.41) is 6.01. The first-order valence-corrected chi connectivity index (χ1v) is 9.00. The molecule has 5 nitrogen and oxygen atoms in total. The van der Waals surface area contributed by atoms with Gasteiger partial charge in [0.1, 0.15) is 0 Å². The highest BCUT2D eigenvalue weighted by molar-refractivity contribution is 6.40. The predicted octanol–water partition coefficient (Wildman–Crippen LogP) is 4.40. The average Bonchev–Trinajstić information content (AvgIpc) is 2.61. The molecule has 0 aromatic heterocycles. The molecule has 2 aromatic carbocycles. The van der Waals surface area contributed by atoms with Gasteiger partial charge in [0.2, 0.25) is 0 Å². The highest BCUT2D eigenvalue weighted by Gasteiger charge is 2.17. The largest absolute Gasteiger partial charge is 0.382 e. The zero-order valence-electron chi connectivity index (χ0n) is 14.4. The Morgan fingerprint density at radius 3 is 2.38 bits per heavy atom. The Labute approximate surface area is 162 Å². The summed E-state index contributed by atoms with van der Waals surface area (Å²) in [6.45, 7) is 3.63. The molecule has 0 atom stereocenters. The Hall–Kier alpha value is -2.08. The van der Waals surface area contributed by atoms with Crippen molar-refractivity contribution in [2.24, 2.45) is 0 Å². The van der Waals surface area contributed by atoms with E-state index in [-0.39, 0.29) is 21.5 Å². The van der Waals surface area contributed by atoms with Crippen molar-refractivity contribution in [1.29, 1.82) is 0 Å². The van der Waals surface area contributed by atoms with Crippen LogP contribution in [0, 0.1) is 0 Å². The Morgan fingerprint density at radius 1 is 1.00 bits per heavy atom. The van der Waals surface area contributed by atoms with Gasteiger partial charge in [0, 0.05) is 19.8 Å². The highest BCUT2D eigenvalue weighted by Crippen LogP contribution is 2.26. The maximum Gasteiger partial charge on any atom is 0.258 e. The number of amides is 2. The molecule has 2 rings (SSSR count). The molecule has 0 fully saturated rings. The van der Waals surface area contributed by atoms with Crippen LogP contribution in [0.1, 0.15) is 34.1 Å². The van der Waals surface area contributed by atoms with E-state index in [0.717, 1.165) is 0 Å². The molecule has 7 heteroatoms. The number of ether oxygens (including phenoxy) is 1. The van der Waals surface area contributed by atoms with Gasteiger partial charge >= 0.3 is 0 Å². The lowest BCUT2D eigenvalue weighted by molar-refractivity contribution is 0.0945. The smallest absolute Gasteiger partial charge is 0.258 e. The third-order valence-electron chi connectivity index (χ3n) is 3.56. The summed E-state index contributed by atoms with van der Waals surface area (Å²) in [5.74, 6) is -0.750. The number of hydrogen-bond acceptors (Lipinski definition) is 3. The number of carbonyl (C=O) groups excluding carboxylic acids is 2. The average molecular weight is 395 g/mol. The second-order valence-corrected chi connectivity index (χ2v) is 6.22. The van der Waals surface area contributed by atoms with E-state index < -0.39 is 5.91 Å². The summed E-state index contributed by atoms with van der Waals surface area (Å²) in [6.07, 6.45) is 0.712. The molecule has 0 saturated carbocycles. The highest BCUT2D eigenvalue weighted by atomic mass is 35.5. The molecule has 138 valence electrons. The molecule has 0 aliphatic rings. The first-order chi connectivity index (χ1) is 12.5.